The molecule has 3 rings (SSSR count). The predicted molar refractivity (Wildman–Crippen MR) is 71.0 cm³/mol. The second-order valence-corrected chi connectivity index (χ2v) is 4.53. The van der Waals surface area contributed by atoms with Crippen LogP contribution in [0.4, 0.5) is 23.4 Å². The molecule has 0 aliphatic rings. The maximum Gasteiger partial charge on any atom is 0.417 e. The van der Waals surface area contributed by atoms with Crippen LogP contribution in [0.3, 0.4) is 0 Å². The average molecular weight is 309 g/mol. The summed E-state index contributed by atoms with van der Waals surface area (Å²) in [4.78, 5) is 15.1. The summed E-state index contributed by atoms with van der Waals surface area (Å²) in [5, 5.41) is 2.77. The van der Waals surface area contributed by atoms with Crippen LogP contribution in [0.1, 0.15) is 5.56 Å². The summed E-state index contributed by atoms with van der Waals surface area (Å²) in [6.07, 6.45) is -3.79. The van der Waals surface area contributed by atoms with E-state index in [0.29, 0.717) is 5.56 Å². The van der Waals surface area contributed by atoms with Crippen molar-refractivity contribution in [3.05, 3.63) is 58.9 Å². The number of hydrogen-bond donors (Lipinski definition) is 0. The highest BCUT2D eigenvalue weighted by Crippen LogP contribution is 2.34. The molecule has 4 nitrogen and oxygen atoms in total. The highest BCUT2D eigenvalue weighted by Gasteiger charge is 2.31. The highest BCUT2D eigenvalue weighted by molar-refractivity contribution is 5.74. The SMILES string of the molecule is O=Nc1c(-c2ccc(F)cc2)nc2ccc(C(F)(F)F)cn12. The lowest BCUT2D eigenvalue weighted by atomic mass is 10.1. The Morgan fingerprint density at radius 1 is 1.05 bits per heavy atom. The van der Waals surface area contributed by atoms with Gasteiger partial charge in [-0.2, -0.15) is 13.2 Å². The van der Waals surface area contributed by atoms with Crippen LogP contribution in [-0.2, 0) is 6.18 Å². The van der Waals surface area contributed by atoms with Crippen molar-refractivity contribution in [1.82, 2.24) is 9.38 Å². The van der Waals surface area contributed by atoms with E-state index >= 15 is 0 Å². The largest absolute Gasteiger partial charge is 0.417 e. The molecular formula is C14H7F4N3O. The Balaban J connectivity index is 2.24. The van der Waals surface area contributed by atoms with Crippen molar-refractivity contribution in [3.8, 4) is 11.3 Å². The molecular weight excluding hydrogens is 302 g/mol. The molecule has 112 valence electrons. The molecule has 0 radical (unpaired) electrons. The molecule has 1 aromatic carbocycles. The lowest BCUT2D eigenvalue weighted by molar-refractivity contribution is -0.137. The van der Waals surface area contributed by atoms with Crippen molar-refractivity contribution in [2.24, 2.45) is 5.18 Å². The molecule has 22 heavy (non-hydrogen) atoms. The van der Waals surface area contributed by atoms with Gasteiger partial charge in [0.2, 0.25) is 5.82 Å². The maximum absolute atomic E-state index is 12.9. The Bertz CT molecular complexity index is 853. The van der Waals surface area contributed by atoms with Crippen LogP contribution in [0.15, 0.2) is 47.8 Å². The van der Waals surface area contributed by atoms with E-state index in [1.807, 2.05) is 0 Å². The number of rotatable bonds is 2. The molecule has 0 N–H and O–H groups in total. The third-order valence-corrected chi connectivity index (χ3v) is 3.12. The highest BCUT2D eigenvalue weighted by atomic mass is 19.4. The first kappa shape index (κ1) is 14.2. The number of fused-ring (bicyclic) bond motifs is 1. The number of hydrogen-bond acceptors (Lipinski definition) is 3. The van der Waals surface area contributed by atoms with Crippen molar-refractivity contribution >= 4 is 11.5 Å². The number of imidazole rings is 1. The number of nitrogens with zero attached hydrogens (tertiary/aromatic N) is 3. The molecule has 3 aromatic rings. The van der Waals surface area contributed by atoms with Gasteiger partial charge >= 0.3 is 6.18 Å². The van der Waals surface area contributed by atoms with Crippen molar-refractivity contribution < 1.29 is 17.6 Å². The van der Waals surface area contributed by atoms with Crippen molar-refractivity contribution in [2.45, 2.75) is 6.18 Å². The van der Waals surface area contributed by atoms with Crippen LogP contribution in [0.25, 0.3) is 16.9 Å². The summed E-state index contributed by atoms with van der Waals surface area (Å²) in [6, 6.07) is 7.08. The standard InChI is InChI=1S/C14H7F4N3O/c15-10-4-1-8(2-5-10)12-13(20-22)21-7-9(14(16,17)18)3-6-11(21)19-12/h1-7H. The molecule has 0 saturated heterocycles. The fourth-order valence-electron chi connectivity index (χ4n) is 2.09. The molecule has 0 aliphatic carbocycles. The third kappa shape index (κ3) is 2.32. The zero-order valence-electron chi connectivity index (χ0n) is 10.8. The Labute approximate surface area is 121 Å². The summed E-state index contributed by atoms with van der Waals surface area (Å²) < 4.78 is 52.1. The summed E-state index contributed by atoms with van der Waals surface area (Å²) in [7, 11) is 0. The van der Waals surface area contributed by atoms with Gasteiger partial charge in [-0.05, 0) is 41.6 Å². The van der Waals surface area contributed by atoms with Crippen LogP contribution < -0.4 is 0 Å². The van der Waals surface area contributed by atoms with E-state index in [2.05, 4.69) is 10.2 Å². The molecule has 0 fully saturated rings. The minimum Gasteiger partial charge on any atom is -0.281 e. The summed E-state index contributed by atoms with van der Waals surface area (Å²) >= 11 is 0. The van der Waals surface area contributed by atoms with Gasteiger partial charge in [-0.25, -0.2) is 9.37 Å². The van der Waals surface area contributed by atoms with Crippen molar-refractivity contribution in [2.75, 3.05) is 0 Å². The average Bonchev–Trinajstić information content (AvgIpc) is 2.84. The first-order valence-corrected chi connectivity index (χ1v) is 6.09. The van der Waals surface area contributed by atoms with Gasteiger partial charge in [-0.1, -0.05) is 0 Å². The lowest BCUT2D eigenvalue weighted by Crippen LogP contribution is -2.05. The summed E-state index contributed by atoms with van der Waals surface area (Å²) in [5.41, 5.74) is -0.308. The quantitative estimate of drug-likeness (QED) is 0.515. The molecule has 0 amide bonds. The van der Waals surface area contributed by atoms with Gasteiger partial charge in [0.05, 0.1) is 5.56 Å². The van der Waals surface area contributed by atoms with Gasteiger partial charge < -0.3 is 0 Å². The lowest BCUT2D eigenvalue weighted by Gasteiger charge is -2.06. The van der Waals surface area contributed by atoms with Gasteiger partial charge in [-0.15, -0.1) is 4.91 Å². The molecule has 2 heterocycles. The first-order chi connectivity index (χ1) is 10.4. The molecule has 0 unspecified atom stereocenters. The van der Waals surface area contributed by atoms with E-state index in [9.17, 15) is 22.5 Å². The zero-order valence-corrected chi connectivity index (χ0v) is 10.8. The van der Waals surface area contributed by atoms with E-state index < -0.39 is 17.6 Å². The Kier molecular flexibility index (Phi) is 3.16. The third-order valence-electron chi connectivity index (χ3n) is 3.12. The van der Waals surface area contributed by atoms with Crippen LogP contribution >= 0.6 is 0 Å². The van der Waals surface area contributed by atoms with Crippen molar-refractivity contribution in [3.63, 3.8) is 0 Å². The number of pyridine rings is 1. The van der Waals surface area contributed by atoms with Gasteiger partial charge in [0.15, 0.2) is 0 Å². The molecule has 0 saturated carbocycles. The van der Waals surface area contributed by atoms with Crippen molar-refractivity contribution in [1.29, 1.82) is 0 Å². The van der Waals surface area contributed by atoms with Crippen LogP contribution in [0.2, 0.25) is 0 Å². The summed E-state index contributed by atoms with van der Waals surface area (Å²) in [6.45, 7) is 0. The summed E-state index contributed by atoms with van der Waals surface area (Å²) in [5.74, 6) is -0.750. The second kappa shape index (κ2) is 4.90. The zero-order chi connectivity index (χ0) is 15.9. The maximum atomic E-state index is 12.9. The monoisotopic (exact) mass is 309 g/mol. The van der Waals surface area contributed by atoms with E-state index in [1.54, 1.807) is 0 Å². The van der Waals surface area contributed by atoms with Crippen LogP contribution in [0.5, 0.6) is 0 Å². The molecule has 0 atom stereocenters. The van der Waals surface area contributed by atoms with E-state index in [1.165, 1.54) is 12.1 Å². The Hall–Kier alpha value is -2.77. The Morgan fingerprint density at radius 2 is 1.73 bits per heavy atom. The van der Waals surface area contributed by atoms with Gasteiger partial charge in [-0.3, -0.25) is 4.40 Å². The minimum absolute atomic E-state index is 0.0920. The molecule has 0 bridgehead atoms. The molecule has 0 aliphatic heterocycles. The predicted octanol–water partition coefficient (Wildman–Crippen LogP) is 4.56. The molecule has 2 aromatic heterocycles. The van der Waals surface area contributed by atoms with E-state index in [4.69, 9.17) is 0 Å². The normalized spacial score (nSPS) is 11.8. The van der Waals surface area contributed by atoms with Gasteiger partial charge in [0.1, 0.15) is 17.2 Å². The fraction of sp³-hybridized carbons (Fsp3) is 0.0714. The topological polar surface area (TPSA) is 46.7 Å². The smallest absolute Gasteiger partial charge is 0.281 e. The number of halogens is 4. The minimum atomic E-state index is -4.55. The van der Waals surface area contributed by atoms with Gasteiger partial charge in [0.25, 0.3) is 0 Å². The number of benzene rings is 1. The Morgan fingerprint density at radius 3 is 2.32 bits per heavy atom. The van der Waals surface area contributed by atoms with E-state index in [0.717, 1.165) is 34.9 Å². The van der Waals surface area contributed by atoms with E-state index in [-0.39, 0.29) is 17.2 Å². The fourth-order valence-corrected chi connectivity index (χ4v) is 2.09. The van der Waals surface area contributed by atoms with Gasteiger partial charge in [0, 0.05) is 11.8 Å². The van der Waals surface area contributed by atoms with Crippen LogP contribution in [0, 0.1) is 10.7 Å². The first-order valence-electron chi connectivity index (χ1n) is 6.09. The number of nitroso groups, excluding NO2 is 1. The molecule has 8 heteroatoms. The number of alkyl halides is 3. The van der Waals surface area contributed by atoms with Crippen LogP contribution in [-0.4, -0.2) is 9.38 Å². The number of aromatic nitrogens is 2. The second-order valence-electron chi connectivity index (χ2n) is 4.53. The molecule has 0 spiro atoms.